The Kier molecular flexibility index (Phi) is 5.54. The van der Waals surface area contributed by atoms with Crippen LogP contribution in [0.1, 0.15) is 34.5 Å². The smallest absolute Gasteiger partial charge is 0.252 e. The molecular weight excluding hydrogens is 346 g/mol. The van der Waals surface area contributed by atoms with Crippen LogP contribution in [-0.2, 0) is 4.79 Å². The molecule has 1 fully saturated rings. The summed E-state index contributed by atoms with van der Waals surface area (Å²) in [5.41, 5.74) is 2.45. The van der Waals surface area contributed by atoms with Crippen molar-refractivity contribution in [2.75, 3.05) is 23.7 Å². The SMILES string of the molecule is Cc1cc(=O)[nH]c(NCCNC(=O)c2ccc(C)c(NC(=O)C3CC3)c2)n1. The van der Waals surface area contributed by atoms with E-state index in [9.17, 15) is 14.4 Å². The predicted molar refractivity (Wildman–Crippen MR) is 103 cm³/mol. The third kappa shape index (κ3) is 5.16. The maximum Gasteiger partial charge on any atom is 0.252 e. The van der Waals surface area contributed by atoms with E-state index in [4.69, 9.17) is 0 Å². The fourth-order valence-corrected chi connectivity index (χ4v) is 2.60. The number of H-pyrrole nitrogens is 1. The molecule has 1 aromatic heterocycles. The van der Waals surface area contributed by atoms with Crippen LogP contribution in [0.2, 0.25) is 0 Å². The Morgan fingerprint density at radius 3 is 2.67 bits per heavy atom. The fraction of sp³-hybridized carbons (Fsp3) is 0.368. The lowest BCUT2D eigenvalue weighted by molar-refractivity contribution is -0.117. The number of anilines is 2. The van der Waals surface area contributed by atoms with Gasteiger partial charge in [-0.3, -0.25) is 19.4 Å². The summed E-state index contributed by atoms with van der Waals surface area (Å²) in [6.07, 6.45) is 1.86. The van der Waals surface area contributed by atoms with Crippen molar-refractivity contribution in [3.8, 4) is 0 Å². The monoisotopic (exact) mass is 369 g/mol. The Balaban J connectivity index is 1.52. The number of rotatable bonds is 7. The van der Waals surface area contributed by atoms with Crippen LogP contribution in [0.3, 0.4) is 0 Å². The number of benzene rings is 1. The number of aromatic nitrogens is 2. The van der Waals surface area contributed by atoms with Gasteiger partial charge in [0.15, 0.2) is 0 Å². The molecule has 1 heterocycles. The second-order valence-electron chi connectivity index (χ2n) is 6.71. The van der Waals surface area contributed by atoms with Gasteiger partial charge < -0.3 is 16.0 Å². The van der Waals surface area contributed by atoms with Gasteiger partial charge in [0.05, 0.1) is 0 Å². The van der Waals surface area contributed by atoms with Gasteiger partial charge in [-0.2, -0.15) is 0 Å². The maximum absolute atomic E-state index is 12.3. The van der Waals surface area contributed by atoms with Crippen LogP contribution < -0.4 is 21.5 Å². The van der Waals surface area contributed by atoms with E-state index in [-0.39, 0.29) is 23.3 Å². The van der Waals surface area contributed by atoms with Crippen molar-refractivity contribution in [2.24, 2.45) is 5.92 Å². The summed E-state index contributed by atoms with van der Waals surface area (Å²) in [6.45, 7) is 4.40. The minimum Gasteiger partial charge on any atom is -0.354 e. The molecule has 3 rings (SSSR count). The summed E-state index contributed by atoms with van der Waals surface area (Å²) in [5.74, 6) is 0.258. The van der Waals surface area contributed by atoms with Crippen LogP contribution in [0.15, 0.2) is 29.1 Å². The van der Waals surface area contributed by atoms with Crippen LogP contribution in [0.4, 0.5) is 11.6 Å². The zero-order valence-electron chi connectivity index (χ0n) is 15.4. The molecule has 1 saturated carbocycles. The third-order valence-electron chi connectivity index (χ3n) is 4.28. The number of hydrogen-bond acceptors (Lipinski definition) is 5. The Morgan fingerprint density at radius 1 is 1.19 bits per heavy atom. The van der Waals surface area contributed by atoms with Crippen molar-refractivity contribution in [1.29, 1.82) is 0 Å². The Morgan fingerprint density at radius 2 is 1.96 bits per heavy atom. The molecule has 0 spiro atoms. The second-order valence-corrected chi connectivity index (χ2v) is 6.71. The number of carbonyl (C=O) groups excluding carboxylic acids is 2. The second kappa shape index (κ2) is 8.03. The quantitative estimate of drug-likeness (QED) is 0.553. The van der Waals surface area contributed by atoms with E-state index in [0.29, 0.717) is 36.0 Å². The van der Waals surface area contributed by atoms with Gasteiger partial charge in [-0.1, -0.05) is 6.07 Å². The summed E-state index contributed by atoms with van der Waals surface area (Å²) in [7, 11) is 0. The van der Waals surface area contributed by atoms with Crippen molar-refractivity contribution < 1.29 is 9.59 Å². The topological polar surface area (TPSA) is 116 Å². The number of aryl methyl sites for hydroxylation is 2. The highest BCUT2D eigenvalue weighted by Crippen LogP contribution is 2.30. The van der Waals surface area contributed by atoms with Crippen molar-refractivity contribution in [3.05, 3.63) is 51.4 Å². The molecule has 2 amide bonds. The molecule has 1 aliphatic carbocycles. The minimum absolute atomic E-state index is 0.0134. The van der Waals surface area contributed by atoms with Gasteiger partial charge in [0.1, 0.15) is 0 Å². The van der Waals surface area contributed by atoms with E-state index in [2.05, 4.69) is 25.9 Å². The van der Waals surface area contributed by atoms with Crippen LogP contribution in [0.5, 0.6) is 0 Å². The van der Waals surface area contributed by atoms with Crippen molar-refractivity contribution in [3.63, 3.8) is 0 Å². The first-order valence-corrected chi connectivity index (χ1v) is 8.94. The number of aromatic amines is 1. The highest BCUT2D eigenvalue weighted by Gasteiger charge is 2.29. The summed E-state index contributed by atoms with van der Waals surface area (Å²) in [5, 5.41) is 8.65. The first-order valence-electron chi connectivity index (χ1n) is 8.94. The molecule has 0 unspecified atom stereocenters. The molecule has 8 heteroatoms. The zero-order chi connectivity index (χ0) is 19.4. The van der Waals surface area contributed by atoms with Gasteiger partial charge in [-0.05, 0) is 44.4 Å². The molecule has 2 aromatic rings. The standard InChI is InChI=1S/C19H23N5O3/c1-11-3-4-14(10-15(11)23-18(27)13-5-6-13)17(26)20-7-8-21-19-22-12(2)9-16(25)24-19/h3-4,9-10,13H,5-8H2,1-2H3,(H,20,26)(H,23,27)(H2,21,22,24,25). The molecule has 142 valence electrons. The lowest BCUT2D eigenvalue weighted by Gasteiger charge is -2.11. The first-order chi connectivity index (χ1) is 12.9. The van der Waals surface area contributed by atoms with E-state index < -0.39 is 0 Å². The Hall–Kier alpha value is -3.16. The molecule has 4 N–H and O–H groups in total. The van der Waals surface area contributed by atoms with E-state index in [1.165, 1.54) is 6.07 Å². The Labute approximate surface area is 156 Å². The van der Waals surface area contributed by atoms with Crippen LogP contribution >= 0.6 is 0 Å². The molecule has 8 nitrogen and oxygen atoms in total. The van der Waals surface area contributed by atoms with Crippen molar-refractivity contribution >= 4 is 23.5 Å². The largest absolute Gasteiger partial charge is 0.354 e. The number of nitrogens with one attached hydrogen (secondary N) is 4. The molecule has 27 heavy (non-hydrogen) atoms. The highest BCUT2D eigenvalue weighted by molar-refractivity contribution is 5.98. The zero-order valence-corrected chi connectivity index (χ0v) is 15.4. The number of hydrogen-bond donors (Lipinski definition) is 4. The molecule has 0 aliphatic heterocycles. The molecule has 0 radical (unpaired) electrons. The lowest BCUT2D eigenvalue weighted by atomic mass is 10.1. The van der Waals surface area contributed by atoms with E-state index in [0.717, 1.165) is 18.4 Å². The van der Waals surface area contributed by atoms with Crippen LogP contribution in [0.25, 0.3) is 0 Å². The molecule has 0 bridgehead atoms. The minimum atomic E-state index is -0.232. The number of nitrogens with zero attached hydrogens (tertiary/aromatic N) is 1. The van der Waals surface area contributed by atoms with Crippen LogP contribution in [0, 0.1) is 19.8 Å². The molecule has 0 atom stereocenters. The number of carbonyl (C=O) groups is 2. The average molecular weight is 369 g/mol. The van der Waals surface area contributed by atoms with Gasteiger partial charge in [-0.15, -0.1) is 0 Å². The van der Waals surface area contributed by atoms with Gasteiger partial charge in [0, 0.05) is 42.0 Å². The van der Waals surface area contributed by atoms with E-state index in [1.807, 2.05) is 13.0 Å². The molecule has 0 saturated heterocycles. The van der Waals surface area contributed by atoms with Crippen LogP contribution in [-0.4, -0.2) is 34.9 Å². The lowest BCUT2D eigenvalue weighted by Crippen LogP contribution is -2.29. The summed E-state index contributed by atoms with van der Waals surface area (Å²) in [6, 6.07) is 6.64. The predicted octanol–water partition coefficient (Wildman–Crippen LogP) is 1.58. The van der Waals surface area contributed by atoms with E-state index in [1.54, 1.807) is 19.1 Å². The molecule has 1 aromatic carbocycles. The van der Waals surface area contributed by atoms with E-state index >= 15 is 0 Å². The first kappa shape index (κ1) is 18.6. The third-order valence-corrected chi connectivity index (χ3v) is 4.28. The van der Waals surface area contributed by atoms with Gasteiger partial charge >= 0.3 is 0 Å². The van der Waals surface area contributed by atoms with Gasteiger partial charge in [0.25, 0.3) is 11.5 Å². The number of amides is 2. The van der Waals surface area contributed by atoms with Gasteiger partial charge in [-0.25, -0.2) is 4.98 Å². The normalized spacial score (nSPS) is 13.1. The summed E-state index contributed by atoms with van der Waals surface area (Å²) in [4.78, 5) is 42.4. The summed E-state index contributed by atoms with van der Waals surface area (Å²) < 4.78 is 0. The fourth-order valence-electron chi connectivity index (χ4n) is 2.60. The Bertz CT molecular complexity index is 918. The highest BCUT2D eigenvalue weighted by atomic mass is 16.2. The van der Waals surface area contributed by atoms with Gasteiger partial charge in [0.2, 0.25) is 11.9 Å². The molecule has 1 aliphatic rings. The van der Waals surface area contributed by atoms with Crippen molar-refractivity contribution in [2.45, 2.75) is 26.7 Å². The molecular formula is C19H23N5O3. The summed E-state index contributed by atoms with van der Waals surface area (Å²) >= 11 is 0. The maximum atomic E-state index is 12.3. The average Bonchev–Trinajstić information content (AvgIpc) is 3.44. The van der Waals surface area contributed by atoms with Crippen molar-refractivity contribution in [1.82, 2.24) is 15.3 Å².